The average Bonchev–Trinajstić information content (AvgIpc) is 2.86. The Morgan fingerprint density at radius 2 is 2.21 bits per heavy atom. The van der Waals surface area contributed by atoms with E-state index in [9.17, 15) is 0 Å². The molecular formula is C16H23NO2. The molecule has 19 heavy (non-hydrogen) atoms. The van der Waals surface area contributed by atoms with Crippen LogP contribution in [0.15, 0.2) is 24.3 Å². The quantitative estimate of drug-likeness (QED) is 0.906. The van der Waals surface area contributed by atoms with E-state index >= 15 is 0 Å². The highest BCUT2D eigenvalue weighted by Crippen LogP contribution is 2.32. The molecule has 3 nitrogen and oxygen atoms in total. The third-order valence-corrected chi connectivity index (χ3v) is 4.40. The third-order valence-electron chi connectivity index (χ3n) is 4.40. The van der Waals surface area contributed by atoms with Gasteiger partial charge in [-0.05, 0) is 30.9 Å². The van der Waals surface area contributed by atoms with Gasteiger partial charge in [0.2, 0.25) is 0 Å². The van der Waals surface area contributed by atoms with Crippen molar-refractivity contribution in [3.05, 3.63) is 35.4 Å². The third kappa shape index (κ3) is 2.99. The number of ether oxygens (including phenoxy) is 2. The summed E-state index contributed by atoms with van der Waals surface area (Å²) in [6.45, 7) is 5.61. The van der Waals surface area contributed by atoms with Crippen molar-refractivity contribution in [3.8, 4) is 0 Å². The molecule has 2 aliphatic heterocycles. The first-order valence-electron chi connectivity index (χ1n) is 7.27. The Morgan fingerprint density at radius 1 is 1.32 bits per heavy atom. The Bertz CT molecular complexity index is 427. The summed E-state index contributed by atoms with van der Waals surface area (Å²) < 4.78 is 11.5. The van der Waals surface area contributed by atoms with Crippen LogP contribution in [0.1, 0.15) is 30.4 Å². The number of rotatable bonds is 3. The van der Waals surface area contributed by atoms with Crippen LogP contribution >= 0.6 is 0 Å². The summed E-state index contributed by atoms with van der Waals surface area (Å²) in [4.78, 5) is 0. The lowest BCUT2D eigenvalue weighted by molar-refractivity contribution is -0.0894. The molecule has 1 spiro atoms. The molecule has 0 unspecified atom stereocenters. The van der Waals surface area contributed by atoms with Crippen LogP contribution < -0.4 is 5.32 Å². The molecule has 3 rings (SSSR count). The van der Waals surface area contributed by atoms with Gasteiger partial charge in [0.1, 0.15) is 0 Å². The van der Waals surface area contributed by atoms with Crippen LogP contribution in [0, 0.1) is 6.92 Å². The lowest BCUT2D eigenvalue weighted by Gasteiger charge is -2.37. The number of benzene rings is 1. The minimum absolute atomic E-state index is 0.00164. The maximum Gasteiger partial charge on any atom is 0.0951 e. The largest absolute Gasteiger partial charge is 0.378 e. The fraction of sp³-hybridized carbons (Fsp3) is 0.625. The minimum Gasteiger partial charge on any atom is -0.378 e. The number of nitrogens with one attached hydrogen (secondary N) is 1. The van der Waals surface area contributed by atoms with Crippen LogP contribution in [-0.4, -0.2) is 31.5 Å². The van der Waals surface area contributed by atoms with E-state index in [1.165, 1.54) is 11.1 Å². The van der Waals surface area contributed by atoms with E-state index < -0.39 is 0 Å². The van der Waals surface area contributed by atoms with Crippen molar-refractivity contribution in [2.45, 2.75) is 44.4 Å². The van der Waals surface area contributed by atoms with Gasteiger partial charge in [-0.1, -0.05) is 24.3 Å². The first-order valence-corrected chi connectivity index (χ1v) is 7.27. The standard InChI is InChI=1S/C16H23NO2/c1-13-4-2-3-5-14(13)11-17-15-6-8-19-16(10-15)7-9-18-12-16/h2-5,15,17H,6-12H2,1H3/t15-,16+/m0/s1. The van der Waals surface area contributed by atoms with Gasteiger partial charge in [0, 0.05) is 32.2 Å². The average molecular weight is 261 g/mol. The Labute approximate surface area is 115 Å². The van der Waals surface area contributed by atoms with E-state index in [4.69, 9.17) is 9.47 Å². The van der Waals surface area contributed by atoms with Crippen molar-refractivity contribution in [2.75, 3.05) is 19.8 Å². The molecule has 0 radical (unpaired) electrons. The minimum atomic E-state index is 0.00164. The SMILES string of the molecule is Cc1ccccc1CN[C@H]1CCO[C@]2(CCOC2)C1. The lowest BCUT2D eigenvalue weighted by atomic mass is 9.89. The second kappa shape index (κ2) is 5.61. The van der Waals surface area contributed by atoms with Crippen molar-refractivity contribution in [1.82, 2.24) is 5.32 Å². The number of hydrogen-bond acceptors (Lipinski definition) is 3. The van der Waals surface area contributed by atoms with Crippen molar-refractivity contribution < 1.29 is 9.47 Å². The van der Waals surface area contributed by atoms with Crippen LogP contribution in [-0.2, 0) is 16.0 Å². The van der Waals surface area contributed by atoms with E-state index in [0.29, 0.717) is 6.04 Å². The van der Waals surface area contributed by atoms with Gasteiger partial charge in [-0.3, -0.25) is 0 Å². The fourth-order valence-corrected chi connectivity index (χ4v) is 3.13. The maximum atomic E-state index is 5.97. The smallest absolute Gasteiger partial charge is 0.0951 e. The molecule has 2 aliphatic rings. The highest BCUT2D eigenvalue weighted by atomic mass is 16.6. The molecule has 1 N–H and O–H groups in total. The predicted molar refractivity (Wildman–Crippen MR) is 75.2 cm³/mol. The second-order valence-electron chi connectivity index (χ2n) is 5.83. The van der Waals surface area contributed by atoms with Gasteiger partial charge in [0.05, 0.1) is 12.2 Å². The molecule has 0 aromatic heterocycles. The van der Waals surface area contributed by atoms with E-state index in [-0.39, 0.29) is 5.60 Å². The normalized spacial score (nSPS) is 30.9. The van der Waals surface area contributed by atoms with E-state index in [1.54, 1.807) is 0 Å². The topological polar surface area (TPSA) is 30.5 Å². The molecule has 0 amide bonds. The summed E-state index contributed by atoms with van der Waals surface area (Å²) in [6, 6.07) is 9.14. The lowest BCUT2D eigenvalue weighted by Crippen LogP contribution is -2.47. The van der Waals surface area contributed by atoms with Crippen molar-refractivity contribution in [1.29, 1.82) is 0 Å². The molecule has 2 saturated heterocycles. The van der Waals surface area contributed by atoms with Gasteiger partial charge in [-0.2, -0.15) is 0 Å². The van der Waals surface area contributed by atoms with Crippen molar-refractivity contribution in [2.24, 2.45) is 0 Å². The highest BCUT2D eigenvalue weighted by molar-refractivity contribution is 5.25. The predicted octanol–water partition coefficient (Wildman–Crippen LogP) is 2.42. The van der Waals surface area contributed by atoms with E-state index in [0.717, 1.165) is 45.6 Å². The van der Waals surface area contributed by atoms with Crippen LogP contribution in [0.3, 0.4) is 0 Å². The summed E-state index contributed by atoms with van der Waals surface area (Å²) in [5, 5.41) is 3.69. The van der Waals surface area contributed by atoms with Crippen molar-refractivity contribution in [3.63, 3.8) is 0 Å². The Morgan fingerprint density at radius 3 is 3.00 bits per heavy atom. The maximum absolute atomic E-state index is 5.97. The van der Waals surface area contributed by atoms with Crippen LogP contribution in [0.4, 0.5) is 0 Å². The van der Waals surface area contributed by atoms with Gasteiger partial charge in [0.15, 0.2) is 0 Å². The van der Waals surface area contributed by atoms with Gasteiger partial charge in [0.25, 0.3) is 0 Å². The molecule has 0 saturated carbocycles. The van der Waals surface area contributed by atoms with Crippen LogP contribution in [0.25, 0.3) is 0 Å². The summed E-state index contributed by atoms with van der Waals surface area (Å²) >= 11 is 0. The molecule has 0 aliphatic carbocycles. The zero-order chi connectivity index (χ0) is 13.1. The summed E-state index contributed by atoms with van der Waals surface area (Å²) in [7, 11) is 0. The highest BCUT2D eigenvalue weighted by Gasteiger charge is 2.40. The first-order chi connectivity index (χ1) is 9.27. The second-order valence-corrected chi connectivity index (χ2v) is 5.83. The van der Waals surface area contributed by atoms with E-state index in [1.807, 2.05) is 0 Å². The zero-order valence-electron chi connectivity index (χ0n) is 11.7. The monoisotopic (exact) mass is 261 g/mol. The molecular weight excluding hydrogens is 238 g/mol. The van der Waals surface area contributed by atoms with Crippen molar-refractivity contribution >= 4 is 0 Å². The summed E-state index contributed by atoms with van der Waals surface area (Å²) in [5.41, 5.74) is 2.76. The molecule has 0 bridgehead atoms. The molecule has 2 heterocycles. The fourth-order valence-electron chi connectivity index (χ4n) is 3.13. The molecule has 2 fully saturated rings. The van der Waals surface area contributed by atoms with Gasteiger partial charge in [-0.15, -0.1) is 0 Å². The Balaban J connectivity index is 1.57. The molecule has 1 aromatic rings. The van der Waals surface area contributed by atoms with Gasteiger partial charge >= 0.3 is 0 Å². The summed E-state index contributed by atoms with van der Waals surface area (Å²) in [5.74, 6) is 0. The van der Waals surface area contributed by atoms with Gasteiger partial charge in [-0.25, -0.2) is 0 Å². The van der Waals surface area contributed by atoms with E-state index in [2.05, 4.69) is 36.5 Å². The Hall–Kier alpha value is -0.900. The van der Waals surface area contributed by atoms with Crippen LogP contribution in [0.2, 0.25) is 0 Å². The molecule has 104 valence electrons. The summed E-state index contributed by atoms with van der Waals surface area (Å²) in [6.07, 6.45) is 3.24. The molecule has 2 atom stereocenters. The molecule has 3 heteroatoms. The number of aryl methyl sites for hydroxylation is 1. The molecule has 1 aromatic carbocycles. The zero-order valence-corrected chi connectivity index (χ0v) is 11.7. The first kappa shape index (κ1) is 13.1. The Kier molecular flexibility index (Phi) is 3.87. The van der Waals surface area contributed by atoms with Crippen LogP contribution in [0.5, 0.6) is 0 Å². The van der Waals surface area contributed by atoms with Gasteiger partial charge < -0.3 is 14.8 Å². The number of hydrogen-bond donors (Lipinski definition) is 1.